The minimum absolute atomic E-state index is 0.000432. The van der Waals surface area contributed by atoms with Gasteiger partial charge < -0.3 is 20.6 Å². The zero-order valence-corrected chi connectivity index (χ0v) is 15.2. The van der Waals surface area contributed by atoms with Crippen molar-refractivity contribution < 1.29 is 14.4 Å². The number of benzene rings is 1. The molecule has 0 aliphatic heterocycles. The van der Waals surface area contributed by atoms with Gasteiger partial charge in [-0.05, 0) is 80.5 Å². The molecule has 0 unspecified atom stereocenters. The van der Waals surface area contributed by atoms with Gasteiger partial charge in [-0.3, -0.25) is 4.79 Å². The second-order valence-corrected chi connectivity index (χ2v) is 8.22. The van der Waals surface area contributed by atoms with Crippen LogP contribution >= 0.6 is 0 Å². The van der Waals surface area contributed by atoms with Crippen LogP contribution in [0.15, 0.2) is 29.4 Å². The SMILES string of the molecule is COc1ccc(/C(N)=N/OCC(=O)NC23CC4CC(CC(C4)C2)C3)cc1. The van der Waals surface area contributed by atoms with E-state index in [4.69, 9.17) is 15.3 Å². The summed E-state index contributed by atoms with van der Waals surface area (Å²) >= 11 is 0. The van der Waals surface area contributed by atoms with Crippen LogP contribution in [0.3, 0.4) is 0 Å². The van der Waals surface area contributed by atoms with Crippen LogP contribution in [0, 0.1) is 17.8 Å². The lowest BCUT2D eigenvalue weighted by molar-refractivity contribution is -0.131. The van der Waals surface area contributed by atoms with Gasteiger partial charge in [0, 0.05) is 11.1 Å². The number of nitrogens with one attached hydrogen (secondary N) is 1. The van der Waals surface area contributed by atoms with Crippen molar-refractivity contribution in [2.45, 2.75) is 44.1 Å². The fourth-order valence-electron chi connectivity index (χ4n) is 5.57. The third-order valence-corrected chi connectivity index (χ3v) is 6.19. The molecule has 1 aromatic carbocycles. The molecule has 4 saturated carbocycles. The Kier molecular flexibility index (Phi) is 4.51. The zero-order valence-electron chi connectivity index (χ0n) is 15.2. The molecule has 1 amide bonds. The van der Waals surface area contributed by atoms with Crippen LogP contribution in [0.5, 0.6) is 5.75 Å². The number of hydrogen-bond acceptors (Lipinski definition) is 4. The first kappa shape index (κ1) is 17.2. The molecule has 1 aromatic rings. The smallest absolute Gasteiger partial charge is 0.261 e. The summed E-state index contributed by atoms with van der Waals surface area (Å²) in [7, 11) is 1.61. The molecule has 4 bridgehead atoms. The van der Waals surface area contributed by atoms with Crippen LogP contribution in [-0.2, 0) is 9.63 Å². The van der Waals surface area contributed by atoms with Gasteiger partial charge in [-0.25, -0.2) is 0 Å². The first-order valence-electron chi connectivity index (χ1n) is 9.46. The molecule has 0 radical (unpaired) electrons. The summed E-state index contributed by atoms with van der Waals surface area (Å²) in [5.41, 5.74) is 6.64. The van der Waals surface area contributed by atoms with Crippen LogP contribution in [-0.4, -0.2) is 31.0 Å². The molecule has 5 rings (SSSR count). The number of ether oxygens (including phenoxy) is 1. The Hall–Kier alpha value is -2.24. The monoisotopic (exact) mass is 357 g/mol. The third kappa shape index (κ3) is 3.50. The number of amidine groups is 1. The zero-order chi connectivity index (χ0) is 18.1. The van der Waals surface area contributed by atoms with Crippen molar-refractivity contribution in [2.24, 2.45) is 28.6 Å². The first-order valence-corrected chi connectivity index (χ1v) is 9.46. The Morgan fingerprint density at radius 1 is 1.15 bits per heavy atom. The van der Waals surface area contributed by atoms with E-state index < -0.39 is 0 Å². The molecule has 6 nitrogen and oxygen atoms in total. The lowest BCUT2D eigenvalue weighted by Gasteiger charge is -2.56. The van der Waals surface area contributed by atoms with Gasteiger partial charge in [-0.15, -0.1) is 0 Å². The van der Waals surface area contributed by atoms with Crippen LogP contribution in [0.2, 0.25) is 0 Å². The van der Waals surface area contributed by atoms with Crippen molar-refractivity contribution in [2.75, 3.05) is 13.7 Å². The highest BCUT2D eigenvalue weighted by atomic mass is 16.6. The summed E-state index contributed by atoms with van der Waals surface area (Å²) in [5.74, 6) is 3.29. The predicted molar refractivity (Wildman–Crippen MR) is 98.7 cm³/mol. The molecule has 4 aliphatic rings. The number of hydrogen-bond donors (Lipinski definition) is 2. The van der Waals surface area contributed by atoms with Crippen LogP contribution in [0.1, 0.15) is 44.1 Å². The minimum atomic E-state index is -0.0989. The van der Waals surface area contributed by atoms with E-state index in [-0.39, 0.29) is 23.9 Å². The topological polar surface area (TPSA) is 85.9 Å². The average molecular weight is 357 g/mol. The molecule has 0 atom stereocenters. The molecular formula is C20H27N3O3. The molecule has 0 heterocycles. The predicted octanol–water partition coefficient (Wildman–Crippen LogP) is 2.42. The number of oxime groups is 1. The maximum absolute atomic E-state index is 12.4. The Labute approximate surface area is 154 Å². The summed E-state index contributed by atoms with van der Waals surface area (Å²) in [4.78, 5) is 17.6. The number of carbonyl (C=O) groups excluding carboxylic acids is 1. The summed E-state index contributed by atoms with van der Waals surface area (Å²) in [6.07, 6.45) is 7.45. The highest BCUT2D eigenvalue weighted by Gasteiger charge is 2.51. The van der Waals surface area contributed by atoms with Gasteiger partial charge in [0.1, 0.15) is 5.75 Å². The van der Waals surface area contributed by atoms with Gasteiger partial charge in [-0.1, -0.05) is 5.16 Å². The van der Waals surface area contributed by atoms with Gasteiger partial charge in [0.25, 0.3) is 5.91 Å². The minimum Gasteiger partial charge on any atom is -0.497 e. The lowest BCUT2D eigenvalue weighted by atomic mass is 9.53. The molecule has 140 valence electrons. The molecule has 26 heavy (non-hydrogen) atoms. The fourth-order valence-corrected chi connectivity index (χ4v) is 5.57. The molecule has 0 spiro atoms. The molecular weight excluding hydrogens is 330 g/mol. The van der Waals surface area contributed by atoms with Crippen molar-refractivity contribution >= 4 is 11.7 Å². The van der Waals surface area contributed by atoms with E-state index >= 15 is 0 Å². The molecule has 4 fully saturated rings. The second-order valence-electron chi connectivity index (χ2n) is 8.22. The molecule has 3 N–H and O–H groups in total. The van der Waals surface area contributed by atoms with Gasteiger partial charge in [0.2, 0.25) is 0 Å². The number of nitrogens with zero attached hydrogens (tertiary/aromatic N) is 1. The van der Waals surface area contributed by atoms with Gasteiger partial charge in [0.15, 0.2) is 12.4 Å². The van der Waals surface area contributed by atoms with Crippen molar-refractivity contribution in [3.8, 4) is 5.75 Å². The first-order chi connectivity index (χ1) is 12.5. The number of rotatable bonds is 6. The second kappa shape index (κ2) is 6.82. The van der Waals surface area contributed by atoms with E-state index in [1.54, 1.807) is 31.4 Å². The fraction of sp³-hybridized carbons (Fsp3) is 0.600. The Morgan fingerprint density at radius 3 is 2.27 bits per heavy atom. The van der Waals surface area contributed by atoms with Crippen LogP contribution < -0.4 is 15.8 Å². The highest BCUT2D eigenvalue weighted by molar-refractivity contribution is 5.97. The molecule has 0 saturated heterocycles. The molecule has 4 aliphatic carbocycles. The van der Waals surface area contributed by atoms with E-state index in [1.165, 1.54) is 19.3 Å². The number of amides is 1. The Morgan fingerprint density at radius 2 is 1.73 bits per heavy atom. The third-order valence-electron chi connectivity index (χ3n) is 6.19. The van der Waals surface area contributed by atoms with Crippen molar-refractivity contribution in [1.29, 1.82) is 0 Å². The van der Waals surface area contributed by atoms with Crippen molar-refractivity contribution in [1.82, 2.24) is 5.32 Å². The Balaban J connectivity index is 1.30. The average Bonchev–Trinajstić information content (AvgIpc) is 2.60. The van der Waals surface area contributed by atoms with E-state index in [1.807, 2.05) is 0 Å². The maximum Gasteiger partial charge on any atom is 0.261 e. The Bertz CT molecular complexity index is 663. The largest absolute Gasteiger partial charge is 0.497 e. The van der Waals surface area contributed by atoms with Crippen LogP contribution in [0.4, 0.5) is 0 Å². The summed E-state index contributed by atoms with van der Waals surface area (Å²) in [6.45, 7) is -0.0986. The van der Waals surface area contributed by atoms with E-state index in [0.717, 1.165) is 48.3 Å². The number of methoxy groups -OCH3 is 1. The summed E-state index contributed by atoms with van der Waals surface area (Å²) < 4.78 is 5.11. The summed E-state index contributed by atoms with van der Waals surface area (Å²) in [6, 6.07) is 7.21. The maximum atomic E-state index is 12.4. The summed E-state index contributed by atoms with van der Waals surface area (Å²) in [5, 5.41) is 7.14. The van der Waals surface area contributed by atoms with Crippen molar-refractivity contribution in [3.05, 3.63) is 29.8 Å². The number of carbonyl (C=O) groups is 1. The van der Waals surface area contributed by atoms with Crippen molar-refractivity contribution in [3.63, 3.8) is 0 Å². The van der Waals surface area contributed by atoms with Crippen LogP contribution in [0.25, 0.3) is 0 Å². The molecule has 6 heteroatoms. The molecule has 0 aromatic heterocycles. The van der Waals surface area contributed by atoms with E-state index in [9.17, 15) is 4.79 Å². The van der Waals surface area contributed by atoms with Gasteiger partial charge >= 0.3 is 0 Å². The van der Waals surface area contributed by atoms with E-state index in [0.29, 0.717) is 0 Å². The standard InChI is InChI=1S/C20H27N3O3/c1-25-17-4-2-16(3-5-17)19(21)23-26-12-18(24)22-20-9-13-6-14(10-20)8-15(7-13)11-20/h2-5,13-15H,6-12H2,1H3,(H2,21,23)(H,22,24). The number of nitrogens with two attached hydrogens (primary N) is 1. The van der Waals surface area contributed by atoms with E-state index in [2.05, 4.69) is 10.5 Å². The highest BCUT2D eigenvalue weighted by Crippen LogP contribution is 2.55. The normalized spacial score (nSPS) is 32.3. The lowest BCUT2D eigenvalue weighted by Crippen LogP contribution is -2.60. The van der Waals surface area contributed by atoms with Gasteiger partial charge in [0.05, 0.1) is 7.11 Å². The van der Waals surface area contributed by atoms with Gasteiger partial charge in [-0.2, -0.15) is 0 Å². The quantitative estimate of drug-likeness (QED) is 0.465.